The lowest BCUT2D eigenvalue weighted by Crippen LogP contribution is -2.53. The van der Waals surface area contributed by atoms with E-state index in [1.54, 1.807) is 92.9 Å². The summed E-state index contributed by atoms with van der Waals surface area (Å²) >= 11 is 0. The number of carbonyl (C=O) groups is 4. The summed E-state index contributed by atoms with van der Waals surface area (Å²) in [5.74, 6) is -2.17. The Bertz CT molecular complexity index is 1880. The summed E-state index contributed by atoms with van der Waals surface area (Å²) in [4.78, 5) is 70.2. The van der Waals surface area contributed by atoms with Crippen LogP contribution in [0.2, 0.25) is 0 Å². The third kappa shape index (κ3) is 22.8. The molecule has 1 aliphatic rings. The van der Waals surface area contributed by atoms with Gasteiger partial charge < -0.3 is 23.8 Å². The van der Waals surface area contributed by atoms with Crippen LogP contribution < -0.4 is 0 Å². The highest BCUT2D eigenvalue weighted by atomic mass is 31.2. The quantitative estimate of drug-likeness (QED) is 0.0674. The fourth-order valence-electron chi connectivity index (χ4n) is 8.28. The van der Waals surface area contributed by atoms with Gasteiger partial charge in [0, 0.05) is 37.6 Å². The van der Waals surface area contributed by atoms with Crippen molar-refractivity contribution in [3.05, 3.63) is 71.8 Å². The zero-order valence-corrected chi connectivity index (χ0v) is 44.7. The first-order valence-electron chi connectivity index (χ1n) is 23.9. The van der Waals surface area contributed by atoms with Crippen molar-refractivity contribution in [1.82, 2.24) is 14.7 Å². The molecule has 3 rings (SSSR count). The van der Waals surface area contributed by atoms with Crippen LogP contribution in [0.25, 0.3) is 0 Å². The summed E-state index contributed by atoms with van der Waals surface area (Å²) in [6, 6.07) is 19.8. The third-order valence-corrected chi connectivity index (χ3v) is 11.7. The Balaban J connectivity index is 1.99. The topological polar surface area (TPSA) is 171 Å². The van der Waals surface area contributed by atoms with Crippen LogP contribution in [0.15, 0.2) is 60.7 Å². The number of benzene rings is 2. The van der Waals surface area contributed by atoms with Gasteiger partial charge in [0.05, 0.1) is 38.9 Å². The minimum absolute atomic E-state index is 0.0188. The number of carbonyl (C=O) groups excluding carboxylic acids is 4. The summed E-state index contributed by atoms with van der Waals surface area (Å²) in [6.07, 6.45) is 1.80. The summed E-state index contributed by atoms with van der Waals surface area (Å²) in [5, 5.41) is 0. The fourth-order valence-corrected chi connectivity index (χ4v) is 9.29. The summed E-state index contributed by atoms with van der Waals surface area (Å²) in [7, 11) is -4.72. The molecule has 15 nitrogen and oxygen atoms in total. The monoisotopic (exact) mass is 974 g/mol. The number of phosphoric ester groups is 1. The van der Waals surface area contributed by atoms with Crippen molar-refractivity contribution < 1.29 is 56.6 Å². The first-order chi connectivity index (χ1) is 31.1. The van der Waals surface area contributed by atoms with E-state index in [9.17, 15) is 28.6 Å². The molecule has 0 spiro atoms. The number of ether oxygens (including phenoxy) is 4. The fraction of sp³-hybridized carbons (Fsp3) is 0.692. The number of hydrogen-bond acceptors (Lipinski definition) is 14. The molecule has 384 valence electrons. The van der Waals surface area contributed by atoms with Crippen LogP contribution in [0.1, 0.15) is 141 Å². The Morgan fingerprint density at radius 2 is 0.971 bits per heavy atom. The Morgan fingerprint density at radius 1 is 0.603 bits per heavy atom. The summed E-state index contributed by atoms with van der Waals surface area (Å²) in [6.45, 7) is 26.4. The first kappa shape index (κ1) is 58.6. The number of nitrogens with zero attached hydrogens (tertiary/aromatic N) is 3. The maximum atomic E-state index is 14.1. The van der Waals surface area contributed by atoms with Crippen molar-refractivity contribution in [2.75, 3.05) is 59.0 Å². The zero-order valence-electron chi connectivity index (χ0n) is 43.8. The predicted octanol–water partition coefficient (Wildman–Crippen LogP) is 8.74. The van der Waals surface area contributed by atoms with Crippen molar-refractivity contribution in [3.63, 3.8) is 0 Å². The van der Waals surface area contributed by atoms with Crippen LogP contribution in [-0.4, -0.2) is 137 Å². The van der Waals surface area contributed by atoms with Crippen LogP contribution in [-0.2, 0) is 57.2 Å². The van der Waals surface area contributed by atoms with Gasteiger partial charge in [-0.1, -0.05) is 81.4 Å². The maximum absolute atomic E-state index is 14.1. The van der Waals surface area contributed by atoms with Gasteiger partial charge >= 0.3 is 31.7 Å². The highest BCUT2D eigenvalue weighted by Crippen LogP contribution is 2.51. The van der Waals surface area contributed by atoms with Crippen molar-refractivity contribution in [2.24, 2.45) is 5.41 Å². The molecule has 0 aromatic heterocycles. The molecular formula is C52H84N3O12P. The standard InChI is InChI=1S/C52H84N3O12P/c1-47(2,3)38-55(36-46(59)66-51(13,14)15)41(37-62-68(60,61)67-42-26-28-52(29-27-42,39-22-18-16-19-23-39)40-24-20-17-21-25-40)32-53(33-43(56)63-48(4,5)6)30-31-54(34-44(57)64-49(7,8)9)35-45(58)65-50(10,11)12/h16-25,41-42H,26-38H2,1-15H3,(H,60,61)/t41-/m1/s1. The molecule has 16 heteroatoms. The molecule has 1 N–H and O–H groups in total. The smallest absolute Gasteiger partial charge is 0.459 e. The van der Waals surface area contributed by atoms with Gasteiger partial charge in [0.15, 0.2) is 0 Å². The molecule has 2 aromatic rings. The van der Waals surface area contributed by atoms with E-state index in [-0.39, 0.29) is 63.3 Å². The second kappa shape index (κ2) is 24.4. The van der Waals surface area contributed by atoms with E-state index < -0.39 is 66.2 Å². The van der Waals surface area contributed by atoms with Crippen molar-refractivity contribution in [1.29, 1.82) is 0 Å². The van der Waals surface area contributed by atoms with Gasteiger partial charge in [0.1, 0.15) is 22.4 Å². The van der Waals surface area contributed by atoms with Gasteiger partial charge in [-0.05, 0) is 125 Å². The molecule has 0 radical (unpaired) electrons. The largest absolute Gasteiger partial charge is 0.472 e. The molecule has 0 aliphatic heterocycles. The molecule has 2 atom stereocenters. The van der Waals surface area contributed by atoms with Crippen LogP contribution in [0, 0.1) is 5.41 Å². The first-order valence-corrected chi connectivity index (χ1v) is 25.4. The number of esters is 4. The van der Waals surface area contributed by atoms with Crippen molar-refractivity contribution in [3.8, 4) is 0 Å². The van der Waals surface area contributed by atoms with E-state index in [1.165, 1.54) is 11.1 Å². The predicted molar refractivity (Wildman–Crippen MR) is 264 cm³/mol. The normalized spacial score (nSPS) is 16.6. The molecule has 0 amide bonds. The van der Waals surface area contributed by atoms with Crippen LogP contribution >= 0.6 is 7.82 Å². The molecule has 1 fully saturated rings. The second-order valence-corrected chi connectivity index (χ2v) is 24.7. The van der Waals surface area contributed by atoms with E-state index >= 15 is 0 Å². The highest BCUT2D eigenvalue weighted by molar-refractivity contribution is 7.47. The molecule has 0 bridgehead atoms. The minimum Gasteiger partial charge on any atom is -0.459 e. The lowest BCUT2D eigenvalue weighted by atomic mass is 9.65. The lowest BCUT2D eigenvalue weighted by molar-refractivity contribution is -0.161. The van der Waals surface area contributed by atoms with Crippen LogP contribution in [0.3, 0.4) is 0 Å². The zero-order chi connectivity index (χ0) is 51.4. The highest BCUT2D eigenvalue weighted by Gasteiger charge is 2.41. The van der Waals surface area contributed by atoms with E-state index in [4.69, 9.17) is 28.0 Å². The molecule has 0 heterocycles. The van der Waals surface area contributed by atoms with E-state index in [2.05, 4.69) is 24.3 Å². The maximum Gasteiger partial charge on any atom is 0.472 e. The van der Waals surface area contributed by atoms with Crippen molar-refractivity contribution in [2.45, 2.75) is 170 Å². The van der Waals surface area contributed by atoms with Gasteiger partial charge in [-0.25, -0.2) is 4.57 Å². The molecule has 0 saturated heterocycles. The number of rotatable bonds is 22. The van der Waals surface area contributed by atoms with Gasteiger partial charge in [-0.2, -0.15) is 0 Å². The Kier molecular flexibility index (Phi) is 21.1. The van der Waals surface area contributed by atoms with Gasteiger partial charge in [0.25, 0.3) is 0 Å². The molecule has 1 saturated carbocycles. The van der Waals surface area contributed by atoms with Gasteiger partial charge in [0.2, 0.25) is 0 Å². The van der Waals surface area contributed by atoms with E-state index in [0.717, 1.165) is 0 Å². The van der Waals surface area contributed by atoms with Crippen LogP contribution in [0.5, 0.6) is 0 Å². The molecule has 1 aliphatic carbocycles. The summed E-state index contributed by atoms with van der Waals surface area (Å²) in [5.41, 5.74) is -1.51. The van der Waals surface area contributed by atoms with E-state index in [0.29, 0.717) is 32.2 Å². The Morgan fingerprint density at radius 3 is 1.35 bits per heavy atom. The second-order valence-electron chi connectivity index (χ2n) is 23.3. The SMILES string of the molecule is CC(C)(C)CN(CC(=O)OC(C)(C)C)[C@@H](COP(=O)(O)OC1CCC(c2ccccc2)(c2ccccc2)CC1)CN(CCN(CC(=O)OC(C)(C)C)CC(=O)OC(C)(C)C)CC(=O)OC(C)(C)C. The summed E-state index contributed by atoms with van der Waals surface area (Å²) < 4.78 is 48.7. The Labute approximate surface area is 407 Å². The number of hydrogen-bond donors (Lipinski definition) is 1. The van der Waals surface area contributed by atoms with Gasteiger partial charge in [-0.3, -0.25) is 42.9 Å². The third-order valence-electron chi connectivity index (χ3n) is 10.6. The lowest BCUT2D eigenvalue weighted by Gasteiger charge is -2.41. The average Bonchev–Trinajstić information content (AvgIpc) is 3.15. The average molecular weight is 974 g/mol. The molecule has 68 heavy (non-hydrogen) atoms. The van der Waals surface area contributed by atoms with E-state index in [1.807, 2.05) is 62.1 Å². The molecule has 2 aromatic carbocycles. The molecular weight excluding hydrogens is 890 g/mol. The van der Waals surface area contributed by atoms with Crippen LogP contribution in [0.4, 0.5) is 0 Å². The van der Waals surface area contributed by atoms with Gasteiger partial charge in [-0.15, -0.1) is 0 Å². The molecule has 1 unspecified atom stereocenters. The Hall–Kier alpha value is -3.69. The van der Waals surface area contributed by atoms with Crippen molar-refractivity contribution >= 4 is 31.7 Å². The number of phosphoric acid groups is 1. The minimum atomic E-state index is -4.72.